The van der Waals surface area contributed by atoms with Gasteiger partial charge in [0, 0.05) is 24.2 Å². The van der Waals surface area contributed by atoms with Gasteiger partial charge in [-0.3, -0.25) is 9.25 Å². The Hall–Kier alpha value is -3.56. The highest BCUT2D eigenvalue weighted by molar-refractivity contribution is 7.89. The zero-order valence-electron chi connectivity index (χ0n) is 17.7. The second-order valence-corrected chi connectivity index (χ2v) is 8.69. The van der Waals surface area contributed by atoms with Crippen LogP contribution < -0.4 is 19.3 Å². The van der Waals surface area contributed by atoms with Crippen molar-refractivity contribution in [1.82, 2.24) is 29.5 Å². The Morgan fingerprint density at radius 2 is 1.76 bits per heavy atom. The Bertz CT molecular complexity index is 1480. The SMILES string of the molecule is COc1nc(-n2cc(S(N)(=O)=O)c3ccc(Cl)c(-c4cn(C)nn4)c32)nc(OC)c1OC(F)F. The standard InChI is InChI=1S/C18H16ClF2N7O5S/c1-27-6-10(25-26-27)12-9(19)5-4-8-11(34(22,29)30)7-28(13(8)12)18-23-15(31-2)14(33-17(20)21)16(24-18)32-3/h4-7,17H,1-3H3,(H2,22,29,30). The largest absolute Gasteiger partial charge is 0.478 e. The van der Waals surface area contributed by atoms with E-state index in [0.29, 0.717) is 11.3 Å². The van der Waals surface area contributed by atoms with Crippen molar-refractivity contribution in [3.05, 3.63) is 29.5 Å². The maximum absolute atomic E-state index is 12.9. The Morgan fingerprint density at radius 1 is 1.12 bits per heavy atom. The smallest absolute Gasteiger partial charge is 0.387 e. The average molecular weight is 516 g/mol. The van der Waals surface area contributed by atoms with E-state index in [1.165, 1.54) is 35.6 Å². The lowest BCUT2D eigenvalue weighted by Crippen LogP contribution is -2.12. The molecule has 0 aliphatic carbocycles. The highest BCUT2D eigenvalue weighted by Gasteiger charge is 2.27. The molecular formula is C18H16ClF2N7O5S. The molecule has 16 heteroatoms. The average Bonchev–Trinajstić information content (AvgIpc) is 3.37. The van der Waals surface area contributed by atoms with Crippen LogP contribution in [-0.4, -0.2) is 58.8 Å². The van der Waals surface area contributed by atoms with Crippen molar-refractivity contribution in [2.75, 3.05) is 14.2 Å². The fraction of sp³-hybridized carbons (Fsp3) is 0.222. The van der Waals surface area contributed by atoms with E-state index < -0.39 is 22.4 Å². The normalized spacial score (nSPS) is 11.9. The van der Waals surface area contributed by atoms with Crippen LogP contribution >= 0.6 is 11.6 Å². The minimum Gasteiger partial charge on any atom is -0.478 e. The molecule has 2 N–H and O–H groups in total. The molecule has 0 aliphatic heterocycles. The van der Waals surface area contributed by atoms with Gasteiger partial charge in [0.15, 0.2) is 0 Å². The summed E-state index contributed by atoms with van der Waals surface area (Å²) in [6.45, 7) is -3.21. The molecule has 180 valence electrons. The van der Waals surface area contributed by atoms with Crippen molar-refractivity contribution in [2.45, 2.75) is 11.5 Å². The highest BCUT2D eigenvalue weighted by atomic mass is 35.5. The minimum atomic E-state index is -4.23. The minimum absolute atomic E-state index is 0.182. The van der Waals surface area contributed by atoms with Crippen LogP contribution in [0, 0.1) is 0 Å². The van der Waals surface area contributed by atoms with Crippen molar-refractivity contribution in [2.24, 2.45) is 12.2 Å². The van der Waals surface area contributed by atoms with Gasteiger partial charge in [-0.2, -0.15) is 18.7 Å². The van der Waals surface area contributed by atoms with Crippen LogP contribution in [0.5, 0.6) is 17.5 Å². The van der Waals surface area contributed by atoms with Gasteiger partial charge in [0.25, 0.3) is 11.8 Å². The van der Waals surface area contributed by atoms with Crippen LogP contribution in [0.15, 0.2) is 29.4 Å². The summed E-state index contributed by atoms with van der Waals surface area (Å²) in [7, 11) is -0.235. The molecule has 34 heavy (non-hydrogen) atoms. The van der Waals surface area contributed by atoms with Crippen LogP contribution in [0.1, 0.15) is 0 Å². The fourth-order valence-corrected chi connectivity index (χ4v) is 4.30. The second kappa shape index (κ2) is 8.66. The number of nitrogens with zero attached hydrogens (tertiary/aromatic N) is 6. The van der Waals surface area contributed by atoms with Gasteiger partial charge in [0.2, 0.25) is 21.7 Å². The van der Waals surface area contributed by atoms with E-state index in [-0.39, 0.29) is 38.5 Å². The lowest BCUT2D eigenvalue weighted by Gasteiger charge is -2.14. The number of ether oxygens (including phenoxy) is 3. The van der Waals surface area contributed by atoms with Crippen LogP contribution in [0.3, 0.4) is 0 Å². The Kier molecular flexibility index (Phi) is 6.01. The maximum atomic E-state index is 12.9. The van der Waals surface area contributed by atoms with Crippen molar-refractivity contribution in [3.63, 3.8) is 0 Å². The molecule has 0 saturated carbocycles. The van der Waals surface area contributed by atoms with E-state index >= 15 is 0 Å². The molecule has 1 aromatic carbocycles. The molecule has 12 nitrogen and oxygen atoms in total. The molecule has 0 unspecified atom stereocenters. The van der Waals surface area contributed by atoms with Gasteiger partial charge in [0.1, 0.15) is 10.6 Å². The molecule has 0 saturated heterocycles. The number of primary sulfonamides is 1. The molecular weight excluding hydrogens is 500 g/mol. The highest BCUT2D eigenvalue weighted by Crippen LogP contribution is 2.41. The van der Waals surface area contributed by atoms with Crippen LogP contribution in [0.2, 0.25) is 5.02 Å². The number of fused-ring (bicyclic) bond motifs is 1. The van der Waals surface area contributed by atoms with Crippen LogP contribution in [0.25, 0.3) is 28.1 Å². The molecule has 4 rings (SSSR count). The predicted molar refractivity (Wildman–Crippen MR) is 115 cm³/mol. The lowest BCUT2D eigenvalue weighted by molar-refractivity contribution is -0.0534. The number of alkyl halides is 2. The number of halogens is 3. The molecule has 0 aliphatic rings. The summed E-state index contributed by atoms with van der Waals surface area (Å²) in [4.78, 5) is 7.95. The number of nitrogens with two attached hydrogens (primary N) is 1. The van der Waals surface area contributed by atoms with E-state index in [1.807, 2.05) is 0 Å². The molecule has 0 radical (unpaired) electrons. The number of methoxy groups -OCH3 is 2. The number of rotatable bonds is 7. The number of hydrogen-bond acceptors (Lipinski definition) is 9. The Labute approximate surface area is 195 Å². The first-order chi connectivity index (χ1) is 16.0. The summed E-state index contributed by atoms with van der Waals surface area (Å²) in [6, 6.07) is 2.94. The second-order valence-electron chi connectivity index (χ2n) is 6.75. The van der Waals surface area contributed by atoms with E-state index in [4.69, 9.17) is 26.2 Å². The fourth-order valence-electron chi connectivity index (χ4n) is 3.33. The van der Waals surface area contributed by atoms with Gasteiger partial charge in [0.05, 0.1) is 31.0 Å². The van der Waals surface area contributed by atoms with Crippen LogP contribution in [0.4, 0.5) is 8.78 Å². The molecule has 4 aromatic rings. The quantitative estimate of drug-likeness (QED) is 0.390. The van der Waals surface area contributed by atoms with Gasteiger partial charge in [-0.05, 0) is 12.1 Å². The number of sulfonamides is 1. The van der Waals surface area contributed by atoms with E-state index in [9.17, 15) is 17.2 Å². The van der Waals surface area contributed by atoms with Crippen molar-refractivity contribution in [3.8, 4) is 34.7 Å². The van der Waals surface area contributed by atoms with Gasteiger partial charge in [-0.15, -0.1) is 5.10 Å². The lowest BCUT2D eigenvalue weighted by atomic mass is 10.1. The monoisotopic (exact) mass is 515 g/mol. The van der Waals surface area contributed by atoms with E-state index in [0.717, 1.165) is 6.20 Å². The molecule has 0 amide bonds. The van der Waals surface area contributed by atoms with Gasteiger partial charge < -0.3 is 14.2 Å². The summed E-state index contributed by atoms with van der Waals surface area (Å²) in [5, 5.41) is 13.8. The third kappa shape index (κ3) is 4.08. The van der Waals surface area contributed by atoms with E-state index in [1.54, 1.807) is 13.2 Å². The number of hydrogen-bond donors (Lipinski definition) is 1. The summed E-state index contributed by atoms with van der Waals surface area (Å²) < 4.78 is 67.8. The Balaban J connectivity index is 2.12. The molecule has 0 bridgehead atoms. The first kappa shape index (κ1) is 23.6. The van der Waals surface area contributed by atoms with Crippen molar-refractivity contribution < 1.29 is 31.4 Å². The third-order valence-electron chi connectivity index (χ3n) is 4.65. The van der Waals surface area contributed by atoms with E-state index in [2.05, 4.69) is 25.0 Å². The van der Waals surface area contributed by atoms with Crippen LogP contribution in [-0.2, 0) is 17.1 Å². The third-order valence-corrected chi connectivity index (χ3v) is 5.90. The summed E-state index contributed by atoms with van der Waals surface area (Å²) in [5.41, 5.74) is 0.829. The summed E-state index contributed by atoms with van der Waals surface area (Å²) in [6.07, 6.45) is 2.73. The van der Waals surface area contributed by atoms with Gasteiger partial charge in [-0.1, -0.05) is 16.8 Å². The molecule has 3 heterocycles. The first-order valence-electron chi connectivity index (χ1n) is 9.23. The number of aryl methyl sites for hydroxylation is 1. The number of aromatic nitrogens is 6. The van der Waals surface area contributed by atoms with Gasteiger partial charge >= 0.3 is 6.61 Å². The summed E-state index contributed by atoms with van der Waals surface area (Å²) >= 11 is 6.46. The van der Waals surface area contributed by atoms with Crippen molar-refractivity contribution >= 4 is 32.5 Å². The molecule has 0 fully saturated rings. The zero-order chi connectivity index (χ0) is 24.8. The molecule has 0 spiro atoms. The van der Waals surface area contributed by atoms with Gasteiger partial charge in [-0.25, -0.2) is 13.6 Å². The zero-order valence-corrected chi connectivity index (χ0v) is 19.3. The maximum Gasteiger partial charge on any atom is 0.387 e. The summed E-state index contributed by atoms with van der Waals surface area (Å²) in [5.74, 6) is -1.52. The first-order valence-corrected chi connectivity index (χ1v) is 11.2. The number of benzene rings is 1. The molecule has 3 aromatic heterocycles. The molecule has 0 atom stereocenters. The van der Waals surface area contributed by atoms with Crippen molar-refractivity contribution in [1.29, 1.82) is 0 Å². The Morgan fingerprint density at radius 3 is 2.26 bits per heavy atom. The predicted octanol–water partition coefficient (Wildman–Crippen LogP) is 2.14. The topological polar surface area (TPSA) is 149 Å².